The predicted molar refractivity (Wildman–Crippen MR) is 55.7 cm³/mol. The van der Waals surface area contributed by atoms with Crippen molar-refractivity contribution in [2.75, 3.05) is 6.61 Å². The number of esters is 1. The number of hydrogen-bond acceptors (Lipinski definition) is 4. The Bertz CT molecular complexity index is 363. The molecule has 0 N–H and O–H groups in total. The zero-order valence-corrected chi connectivity index (χ0v) is 9.87. The maximum Gasteiger partial charge on any atom is 0.378 e. The first-order valence-corrected chi connectivity index (χ1v) is 4.95. The average Bonchev–Trinajstić information content (AvgIpc) is 2.47. The molecule has 5 nitrogen and oxygen atoms in total. The Balaban J connectivity index is 3.01. The van der Waals surface area contributed by atoms with E-state index in [2.05, 4.69) is 10.1 Å². The van der Waals surface area contributed by atoms with Crippen molar-refractivity contribution in [3.8, 4) is 0 Å². The summed E-state index contributed by atoms with van der Waals surface area (Å²) in [6.07, 6.45) is 0. The van der Waals surface area contributed by atoms with Crippen LogP contribution in [0.25, 0.3) is 0 Å². The Morgan fingerprint density at radius 3 is 2.47 bits per heavy atom. The van der Waals surface area contributed by atoms with Gasteiger partial charge in [-0.3, -0.25) is 4.68 Å². The van der Waals surface area contributed by atoms with E-state index in [0.29, 0.717) is 6.61 Å². The summed E-state index contributed by atoms with van der Waals surface area (Å²) in [6.45, 7) is 8.15. The number of hydrogen-bond donors (Lipinski definition) is 0. The smallest absolute Gasteiger partial charge is 0.378 e. The molecule has 0 amide bonds. The summed E-state index contributed by atoms with van der Waals surface area (Å²) < 4.78 is 6.45. The van der Waals surface area contributed by atoms with Crippen molar-refractivity contribution in [1.82, 2.24) is 14.8 Å². The zero-order valence-electron chi connectivity index (χ0n) is 9.87. The average molecular weight is 211 g/mol. The first kappa shape index (κ1) is 11.7. The van der Waals surface area contributed by atoms with Gasteiger partial charge >= 0.3 is 5.97 Å². The van der Waals surface area contributed by atoms with E-state index < -0.39 is 5.97 Å². The minimum atomic E-state index is -0.469. The monoisotopic (exact) mass is 211 g/mol. The first-order chi connectivity index (χ1) is 6.86. The van der Waals surface area contributed by atoms with Crippen LogP contribution < -0.4 is 0 Å². The molecule has 1 rings (SSSR count). The van der Waals surface area contributed by atoms with Crippen molar-refractivity contribution in [3.63, 3.8) is 0 Å². The molecule has 0 spiro atoms. The number of aryl methyl sites for hydroxylation is 1. The summed E-state index contributed by atoms with van der Waals surface area (Å²) in [5.41, 5.74) is -0.132. The maximum absolute atomic E-state index is 11.4. The molecule has 0 unspecified atom stereocenters. The fourth-order valence-electron chi connectivity index (χ4n) is 1.32. The van der Waals surface area contributed by atoms with Crippen molar-refractivity contribution >= 4 is 5.97 Å². The lowest BCUT2D eigenvalue weighted by Gasteiger charge is -2.15. The number of ether oxygens (including phenoxy) is 1. The van der Waals surface area contributed by atoms with Gasteiger partial charge in [0.2, 0.25) is 0 Å². The van der Waals surface area contributed by atoms with E-state index in [1.54, 1.807) is 18.7 Å². The van der Waals surface area contributed by atoms with Gasteiger partial charge in [-0.05, 0) is 6.92 Å². The van der Waals surface area contributed by atoms with Gasteiger partial charge in [0.1, 0.15) is 5.82 Å². The molecule has 0 atom stereocenters. The van der Waals surface area contributed by atoms with Gasteiger partial charge in [0, 0.05) is 12.5 Å². The van der Waals surface area contributed by atoms with Crippen LogP contribution in [-0.4, -0.2) is 27.3 Å². The predicted octanol–water partition coefficient (Wildman–Crippen LogP) is 1.29. The summed E-state index contributed by atoms with van der Waals surface area (Å²) in [5, 5.41) is 4.03. The zero-order chi connectivity index (χ0) is 11.6. The second kappa shape index (κ2) is 4.00. The van der Waals surface area contributed by atoms with E-state index in [-0.39, 0.29) is 11.2 Å². The van der Waals surface area contributed by atoms with Crippen LogP contribution in [0.3, 0.4) is 0 Å². The molecule has 0 aliphatic heterocycles. The summed E-state index contributed by atoms with van der Waals surface area (Å²) in [4.78, 5) is 15.6. The largest absolute Gasteiger partial charge is 0.460 e. The molecule has 0 saturated carbocycles. The number of carbonyl (C=O) groups excluding carboxylic acids is 1. The highest BCUT2D eigenvalue weighted by molar-refractivity contribution is 5.85. The third kappa shape index (κ3) is 2.55. The number of aromatic nitrogens is 3. The van der Waals surface area contributed by atoms with Crippen molar-refractivity contribution in [3.05, 3.63) is 11.6 Å². The maximum atomic E-state index is 11.4. The van der Waals surface area contributed by atoms with Crippen LogP contribution in [0.4, 0.5) is 0 Å². The molecule has 15 heavy (non-hydrogen) atoms. The van der Waals surface area contributed by atoms with Crippen LogP contribution >= 0.6 is 0 Å². The molecule has 0 bridgehead atoms. The molecule has 0 radical (unpaired) electrons. The van der Waals surface area contributed by atoms with Crippen LogP contribution in [0.1, 0.15) is 44.1 Å². The molecule has 0 aliphatic carbocycles. The fraction of sp³-hybridized carbons (Fsp3) is 0.700. The Morgan fingerprint density at radius 1 is 1.47 bits per heavy atom. The van der Waals surface area contributed by atoms with Crippen molar-refractivity contribution in [1.29, 1.82) is 0 Å². The molecule has 0 saturated heterocycles. The molecule has 0 aromatic carbocycles. The van der Waals surface area contributed by atoms with Gasteiger partial charge in [-0.25, -0.2) is 9.78 Å². The Hall–Kier alpha value is -1.39. The third-order valence-corrected chi connectivity index (χ3v) is 1.89. The van der Waals surface area contributed by atoms with E-state index in [1.807, 2.05) is 20.8 Å². The SMILES string of the molecule is CCOC(=O)c1nc(C(C)(C)C)n(C)n1. The van der Waals surface area contributed by atoms with Gasteiger partial charge in [0.05, 0.1) is 6.61 Å². The molecule has 1 heterocycles. The standard InChI is InChI=1S/C10H17N3O2/c1-6-15-8(14)7-11-9(10(2,3)4)13(5)12-7/h6H2,1-5H3. The van der Waals surface area contributed by atoms with Crippen LogP contribution in [0.2, 0.25) is 0 Å². The van der Waals surface area contributed by atoms with E-state index in [1.165, 1.54) is 0 Å². The van der Waals surface area contributed by atoms with E-state index in [9.17, 15) is 4.79 Å². The highest BCUT2D eigenvalue weighted by Crippen LogP contribution is 2.19. The molecular weight excluding hydrogens is 194 g/mol. The van der Waals surface area contributed by atoms with Gasteiger partial charge in [0.15, 0.2) is 0 Å². The molecule has 1 aromatic rings. The van der Waals surface area contributed by atoms with Gasteiger partial charge in [-0.15, -0.1) is 5.10 Å². The lowest BCUT2D eigenvalue weighted by molar-refractivity contribution is 0.0512. The van der Waals surface area contributed by atoms with Crippen LogP contribution in [0.5, 0.6) is 0 Å². The molecule has 0 aliphatic rings. The van der Waals surface area contributed by atoms with E-state index >= 15 is 0 Å². The third-order valence-electron chi connectivity index (χ3n) is 1.89. The molecule has 84 valence electrons. The minimum Gasteiger partial charge on any atom is -0.460 e. The molecule has 1 aromatic heterocycles. The minimum absolute atomic E-state index is 0.129. The van der Waals surface area contributed by atoms with Crippen molar-refractivity contribution in [2.24, 2.45) is 7.05 Å². The fourth-order valence-corrected chi connectivity index (χ4v) is 1.32. The summed E-state index contributed by atoms with van der Waals surface area (Å²) in [6, 6.07) is 0. The lowest BCUT2D eigenvalue weighted by atomic mass is 9.96. The van der Waals surface area contributed by atoms with Crippen LogP contribution in [-0.2, 0) is 17.2 Å². The topological polar surface area (TPSA) is 57.0 Å². The molecular formula is C10H17N3O2. The summed E-state index contributed by atoms with van der Waals surface area (Å²) in [5.74, 6) is 0.429. The van der Waals surface area contributed by atoms with Gasteiger partial charge in [-0.1, -0.05) is 20.8 Å². The Kier molecular flexibility index (Phi) is 3.12. The van der Waals surface area contributed by atoms with Gasteiger partial charge in [0.25, 0.3) is 5.82 Å². The summed E-state index contributed by atoms with van der Waals surface area (Å²) >= 11 is 0. The van der Waals surface area contributed by atoms with E-state index in [4.69, 9.17) is 4.74 Å². The van der Waals surface area contributed by atoms with Crippen molar-refractivity contribution in [2.45, 2.75) is 33.1 Å². The first-order valence-electron chi connectivity index (χ1n) is 4.95. The highest BCUT2D eigenvalue weighted by Gasteiger charge is 2.24. The Labute approximate surface area is 89.5 Å². The quantitative estimate of drug-likeness (QED) is 0.692. The molecule has 5 heteroatoms. The second-order valence-corrected chi connectivity index (χ2v) is 4.35. The number of carbonyl (C=O) groups is 1. The van der Waals surface area contributed by atoms with Crippen molar-refractivity contribution < 1.29 is 9.53 Å². The number of rotatable bonds is 2. The van der Waals surface area contributed by atoms with E-state index in [0.717, 1.165) is 5.82 Å². The number of nitrogens with zero attached hydrogens (tertiary/aromatic N) is 3. The lowest BCUT2D eigenvalue weighted by Crippen LogP contribution is -2.17. The molecule has 0 fully saturated rings. The van der Waals surface area contributed by atoms with Crippen LogP contribution in [0, 0.1) is 0 Å². The Morgan fingerprint density at radius 2 is 2.07 bits per heavy atom. The van der Waals surface area contributed by atoms with Crippen LogP contribution in [0.15, 0.2) is 0 Å². The second-order valence-electron chi connectivity index (χ2n) is 4.35. The van der Waals surface area contributed by atoms with Gasteiger partial charge < -0.3 is 4.74 Å². The normalized spacial score (nSPS) is 11.5. The summed E-state index contributed by atoms with van der Waals surface area (Å²) in [7, 11) is 1.77. The van der Waals surface area contributed by atoms with Gasteiger partial charge in [-0.2, -0.15) is 0 Å². The highest BCUT2D eigenvalue weighted by atomic mass is 16.5.